The topological polar surface area (TPSA) is 58.6 Å². The molecule has 2 amide bonds. The molecular formula is C17H22N2O3. The smallest absolute Gasteiger partial charge is 0.225 e. The number of hydrogen-bond donors (Lipinski definition) is 1. The fourth-order valence-corrected chi connectivity index (χ4v) is 3.25. The van der Waals surface area contributed by atoms with E-state index in [1.54, 1.807) is 11.9 Å². The summed E-state index contributed by atoms with van der Waals surface area (Å²) in [5.41, 5.74) is 0. The highest BCUT2D eigenvalue weighted by Gasteiger charge is 2.36. The molecule has 1 aliphatic heterocycles. The predicted molar refractivity (Wildman–Crippen MR) is 82.4 cm³/mol. The van der Waals surface area contributed by atoms with Gasteiger partial charge in [0.05, 0.1) is 12.0 Å². The Morgan fingerprint density at radius 3 is 2.73 bits per heavy atom. The van der Waals surface area contributed by atoms with Crippen LogP contribution in [0.15, 0.2) is 30.3 Å². The quantitative estimate of drug-likeness (QED) is 0.918. The summed E-state index contributed by atoms with van der Waals surface area (Å²) in [4.78, 5) is 25.5. The predicted octanol–water partition coefficient (Wildman–Crippen LogP) is 1.58. The number of ether oxygens (including phenoxy) is 1. The van der Waals surface area contributed by atoms with Crippen molar-refractivity contribution in [3.05, 3.63) is 30.3 Å². The summed E-state index contributed by atoms with van der Waals surface area (Å²) in [5.74, 6) is 0.634. The lowest BCUT2D eigenvalue weighted by Crippen LogP contribution is -2.45. The van der Waals surface area contributed by atoms with Gasteiger partial charge in [-0.15, -0.1) is 0 Å². The maximum atomic E-state index is 12.3. The maximum absolute atomic E-state index is 12.3. The Balaban J connectivity index is 1.57. The van der Waals surface area contributed by atoms with Gasteiger partial charge in [0.2, 0.25) is 11.8 Å². The molecule has 2 aliphatic rings. The molecule has 0 spiro atoms. The van der Waals surface area contributed by atoms with E-state index in [0.29, 0.717) is 13.0 Å². The van der Waals surface area contributed by atoms with Crippen LogP contribution >= 0.6 is 0 Å². The molecule has 1 N–H and O–H groups in total. The lowest BCUT2D eigenvalue weighted by molar-refractivity contribution is -0.128. The first-order chi connectivity index (χ1) is 10.6. The summed E-state index contributed by atoms with van der Waals surface area (Å²) < 4.78 is 6.00. The minimum Gasteiger partial charge on any atom is -0.488 e. The molecule has 22 heavy (non-hydrogen) atoms. The first kappa shape index (κ1) is 14.9. The Hall–Kier alpha value is -2.04. The van der Waals surface area contributed by atoms with Crippen molar-refractivity contribution in [2.45, 2.75) is 37.8 Å². The molecule has 1 heterocycles. The molecule has 1 saturated carbocycles. The summed E-state index contributed by atoms with van der Waals surface area (Å²) in [6.45, 7) is 0.515. The van der Waals surface area contributed by atoms with Gasteiger partial charge in [-0.05, 0) is 31.4 Å². The Kier molecular flexibility index (Phi) is 4.32. The van der Waals surface area contributed by atoms with Gasteiger partial charge in [0.1, 0.15) is 11.9 Å². The molecule has 3 atom stereocenters. The second kappa shape index (κ2) is 6.38. The van der Waals surface area contributed by atoms with Crippen LogP contribution in [0.1, 0.15) is 25.7 Å². The minimum absolute atomic E-state index is 0.0150. The zero-order valence-electron chi connectivity index (χ0n) is 12.8. The zero-order valence-corrected chi connectivity index (χ0v) is 12.8. The summed E-state index contributed by atoms with van der Waals surface area (Å²) in [6, 6.07) is 9.74. The van der Waals surface area contributed by atoms with Crippen molar-refractivity contribution < 1.29 is 14.3 Å². The molecule has 0 bridgehead atoms. The van der Waals surface area contributed by atoms with E-state index in [1.807, 2.05) is 30.3 Å². The van der Waals surface area contributed by atoms with E-state index < -0.39 is 0 Å². The van der Waals surface area contributed by atoms with Gasteiger partial charge in [0.15, 0.2) is 0 Å². The van der Waals surface area contributed by atoms with E-state index in [9.17, 15) is 9.59 Å². The molecular weight excluding hydrogens is 280 g/mol. The van der Waals surface area contributed by atoms with Crippen molar-refractivity contribution in [1.82, 2.24) is 10.2 Å². The first-order valence-corrected chi connectivity index (χ1v) is 7.89. The number of nitrogens with one attached hydrogen (secondary N) is 1. The SMILES string of the molecule is CN1C[C@H](C(=O)N[C@H]2CCC[C@@H]2Oc2ccccc2)CC1=O. The number of likely N-dealkylation sites (tertiary alicyclic amines) is 1. The number of hydrogen-bond acceptors (Lipinski definition) is 3. The van der Waals surface area contributed by atoms with Gasteiger partial charge in [-0.2, -0.15) is 0 Å². The average Bonchev–Trinajstić information content (AvgIpc) is 3.08. The monoisotopic (exact) mass is 302 g/mol. The highest BCUT2D eigenvalue weighted by atomic mass is 16.5. The van der Waals surface area contributed by atoms with Crippen LogP contribution in [-0.2, 0) is 9.59 Å². The molecule has 1 aliphatic carbocycles. The zero-order chi connectivity index (χ0) is 15.5. The van der Waals surface area contributed by atoms with Crippen LogP contribution in [0.2, 0.25) is 0 Å². The van der Waals surface area contributed by atoms with Crippen LogP contribution < -0.4 is 10.1 Å². The third kappa shape index (κ3) is 3.24. The van der Waals surface area contributed by atoms with Gasteiger partial charge in [-0.25, -0.2) is 0 Å². The van der Waals surface area contributed by atoms with E-state index in [0.717, 1.165) is 25.0 Å². The molecule has 0 radical (unpaired) electrons. The van der Waals surface area contributed by atoms with Crippen molar-refractivity contribution in [1.29, 1.82) is 0 Å². The minimum atomic E-state index is -0.226. The fourth-order valence-electron chi connectivity index (χ4n) is 3.25. The van der Waals surface area contributed by atoms with E-state index in [2.05, 4.69) is 5.32 Å². The van der Waals surface area contributed by atoms with Gasteiger partial charge in [-0.1, -0.05) is 18.2 Å². The molecule has 3 rings (SSSR count). The van der Waals surface area contributed by atoms with Crippen molar-refractivity contribution in [2.24, 2.45) is 5.92 Å². The Bertz CT molecular complexity index is 546. The lowest BCUT2D eigenvalue weighted by Gasteiger charge is -2.23. The van der Waals surface area contributed by atoms with Gasteiger partial charge in [0.25, 0.3) is 0 Å². The number of para-hydroxylation sites is 1. The molecule has 0 aromatic heterocycles. The first-order valence-electron chi connectivity index (χ1n) is 7.89. The van der Waals surface area contributed by atoms with E-state index in [-0.39, 0.29) is 29.9 Å². The van der Waals surface area contributed by atoms with Crippen LogP contribution in [-0.4, -0.2) is 42.5 Å². The van der Waals surface area contributed by atoms with Crippen molar-refractivity contribution >= 4 is 11.8 Å². The van der Waals surface area contributed by atoms with Gasteiger partial charge < -0.3 is 15.0 Å². The second-order valence-electron chi connectivity index (χ2n) is 6.19. The number of nitrogens with zero attached hydrogens (tertiary/aromatic N) is 1. The van der Waals surface area contributed by atoms with Gasteiger partial charge in [0, 0.05) is 20.0 Å². The second-order valence-corrected chi connectivity index (χ2v) is 6.19. The summed E-state index contributed by atoms with van der Waals surface area (Å²) >= 11 is 0. The van der Waals surface area contributed by atoms with Crippen molar-refractivity contribution in [3.8, 4) is 5.75 Å². The molecule has 2 fully saturated rings. The lowest BCUT2D eigenvalue weighted by atomic mass is 10.1. The van der Waals surface area contributed by atoms with E-state index in [1.165, 1.54) is 0 Å². The summed E-state index contributed by atoms with van der Waals surface area (Å²) in [6.07, 6.45) is 3.26. The van der Waals surface area contributed by atoms with Crippen LogP contribution in [0.25, 0.3) is 0 Å². The molecule has 5 nitrogen and oxygen atoms in total. The van der Waals surface area contributed by atoms with E-state index in [4.69, 9.17) is 4.74 Å². The molecule has 1 aromatic carbocycles. The summed E-state index contributed by atoms with van der Waals surface area (Å²) in [5, 5.41) is 3.09. The van der Waals surface area contributed by atoms with Crippen molar-refractivity contribution in [2.75, 3.05) is 13.6 Å². The average molecular weight is 302 g/mol. The third-order valence-electron chi connectivity index (χ3n) is 4.52. The highest BCUT2D eigenvalue weighted by Crippen LogP contribution is 2.25. The molecule has 1 aromatic rings. The molecule has 1 saturated heterocycles. The van der Waals surface area contributed by atoms with Gasteiger partial charge in [-0.3, -0.25) is 9.59 Å². The fraction of sp³-hybridized carbons (Fsp3) is 0.529. The largest absolute Gasteiger partial charge is 0.488 e. The normalized spacial score (nSPS) is 28.0. The molecule has 118 valence electrons. The maximum Gasteiger partial charge on any atom is 0.225 e. The Morgan fingerprint density at radius 1 is 1.27 bits per heavy atom. The number of amides is 2. The van der Waals surface area contributed by atoms with Crippen LogP contribution in [0.4, 0.5) is 0 Å². The number of carbonyl (C=O) groups is 2. The molecule has 5 heteroatoms. The Labute approximate surface area is 130 Å². The Morgan fingerprint density at radius 2 is 2.05 bits per heavy atom. The van der Waals surface area contributed by atoms with Crippen LogP contribution in [0.5, 0.6) is 5.75 Å². The summed E-state index contributed by atoms with van der Waals surface area (Å²) in [7, 11) is 1.74. The van der Waals surface area contributed by atoms with Crippen LogP contribution in [0, 0.1) is 5.92 Å². The highest BCUT2D eigenvalue weighted by molar-refractivity contribution is 5.89. The van der Waals surface area contributed by atoms with E-state index >= 15 is 0 Å². The van der Waals surface area contributed by atoms with Gasteiger partial charge >= 0.3 is 0 Å². The molecule has 0 unspecified atom stereocenters. The number of rotatable bonds is 4. The number of benzene rings is 1. The third-order valence-corrected chi connectivity index (χ3v) is 4.52. The standard InChI is InChI=1S/C17H22N2O3/c1-19-11-12(10-16(19)20)17(21)18-14-8-5-9-15(14)22-13-6-3-2-4-7-13/h2-4,6-7,12,14-15H,5,8-11H2,1H3,(H,18,21)/t12-,14+,15+/m1/s1. The van der Waals surface area contributed by atoms with Crippen molar-refractivity contribution in [3.63, 3.8) is 0 Å². The number of carbonyl (C=O) groups excluding carboxylic acids is 2. The van der Waals surface area contributed by atoms with Crippen LogP contribution in [0.3, 0.4) is 0 Å².